The number of pyridine rings is 1. The highest BCUT2D eigenvalue weighted by atomic mass is 19.1. The van der Waals surface area contributed by atoms with Crippen LogP contribution < -0.4 is 0 Å². The zero-order chi connectivity index (χ0) is 11.8. The summed E-state index contributed by atoms with van der Waals surface area (Å²) >= 11 is 0. The van der Waals surface area contributed by atoms with Gasteiger partial charge in [-0.25, -0.2) is 13.8 Å². The third kappa shape index (κ3) is 1.78. The summed E-state index contributed by atoms with van der Waals surface area (Å²) in [5.41, 5.74) is 2.15. The molecule has 2 heterocycles. The first-order valence-electron chi connectivity index (χ1n) is 5.12. The highest BCUT2D eigenvalue weighted by molar-refractivity contribution is 5.62. The molecular formula is C13H8F2N2. The molecule has 0 saturated heterocycles. The number of benzene rings is 1. The summed E-state index contributed by atoms with van der Waals surface area (Å²) in [6, 6.07) is 9.00. The molecule has 0 aliphatic rings. The fourth-order valence-electron chi connectivity index (χ4n) is 1.72. The van der Waals surface area contributed by atoms with Crippen LogP contribution in [0, 0.1) is 11.6 Å². The van der Waals surface area contributed by atoms with E-state index in [2.05, 4.69) is 4.98 Å². The maximum atomic E-state index is 13.0. The summed E-state index contributed by atoms with van der Waals surface area (Å²) in [7, 11) is 0. The van der Waals surface area contributed by atoms with Gasteiger partial charge in [0.2, 0.25) is 0 Å². The molecule has 0 radical (unpaired) electrons. The van der Waals surface area contributed by atoms with Crippen molar-refractivity contribution in [1.82, 2.24) is 9.38 Å². The minimum Gasteiger partial charge on any atom is -0.304 e. The Labute approximate surface area is 96.2 Å². The van der Waals surface area contributed by atoms with Crippen LogP contribution >= 0.6 is 0 Å². The van der Waals surface area contributed by atoms with E-state index in [9.17, 15) is 8.78 Å². The van der Waals surface area contributed by atoms with Gasteiger partial charge in [0.1, 0.15) is 17.3 Å². The number of hydrogen-bond donors (Lipinski definition) is 0. The Balaban J connectivity index is 2.14. The molecule has 17 heavy (non-hydrogen) atoms. The maximum absolute atomic E-state index is 13.0. The van der Waals surface area contributed by atoms with E-state index in [1.54, 1.807) is 28.8 Å². The first-order chi connectivity index (χ1) is 8.22. The Morgan fingerprint density at radius 2 is 1.53 bits per heavy atom. The highest BCUT2D eigenvalue weighted by Crippen LogP contribution is 2.19. The molecule has 0 aliphatic heterocycles. The van der Waals surface area contributed by atoms with Gasteiger partial charge < -0.3 is 4.40 Å². The predicted molar refractivity (Wildman–Crippen MR) is 60.5 cm³/mol. The molecule has 0 fully saturated rings. The highest BCUT2D eigenvalue weighted by Gasteiger charge is 2.04. The van der Waals surface area contributed by atoms with Crippen molar-refractivity contribution in [2.24, 2.45) is 0 Å². The van der Waals surface area contributed by atoms with E-state index in [1.165, 1.54) is 24.4 Å². The van der Waals surface area contributed by atoms with Gasteiger partial charge in [0.05, 0.1) is 5.69 Å². The van der Waals surface area contributed by atoms with Crippen molar-refractivity contribution >= 4 is 5.65 Å². The third-order valence-corrected chi connectivity index (χ3v) is 2.55. The monoisotopic (exact) mass is 230 g/mol. The van der Waals surface area contributed by atoms with Crippen molar-refractivity contribution in [3.05, 3.63) is 60.4 Å². The van der Waals surface area contributed by atoms with Crippen LogP contribution in [0.15, 0.2) is 48.8 Å². The van der Waals surface area contributed by atoms with E-state index in [-0.39, 0.29) is 11.6 Å². The molecule has 84 valence electrons. The molecule has 3 rings (SSSR count). The minimum atomic E-state index is -0.319. The average Bonchev–Trinajstić information content (AvgIpc) is 2.72. The molecule has 1 aromatic carbocycles. The van der Waals surface area contributed by atoms with Crippen LogP contribution in [-0.2, 0) is 0 Å². The lowest BCUT2D eigenvalue weighted by Crippen LogP contribution is -1.83. The Morgan fingerprint density at radius 3 is 2.29 bits per heavy atom. The van der Waals surface area contributed by atoms with Gasteiger partial charge in [-0.3, -0.25) is 0 Å². The third-order valence-electron chi connectivity index (χ3n) is 2.55. The first kappa shape index (κ1) is 9.96. The van der Waals surface area contributed by atoms with Gasteiger partial charge in [0.15, 0.2) is 0 Å². The summed E-state index contributed by atoms with van der Waals surface area (Å²) < 4.78 is 27.4. The first-order valence-corrected chi connectivity index (χ1v) is 5.12. The predicted octanol–water partition coefficient (Wildman–Crippen LogP) is 3.28. The smallest absolute Gasteiger partial charge is 0.139 e. The van der Waals surface area contributed by atoms with Crippen molar-refractivity contribution in [2.75, 3.05) is 0 Å². The molecule has 2 nitrogen and oxygen atoms in total. The molecule has 0 atom stereocenters. The average molecular weight is 230 g/mol. The SMILES string of the molecule is Fc1ccc(-c2cn3cc(F)ccc3n2)cc1. The normalized spacial score (nSPS) is 10.9. The molecule has 0 spiro atoms. The fourth-order valence-corrected chi connectivity index (χ4v) is 1.72. The Kier molecular flexibility index (Phi) is 2.14. The lowest BCUT2D eigenvalue weighted by molar-refractivity contribution is 0.619. The molecule has 0 amide bonds. The fraction of sp³-hybridized carbons (Fsp3) is 0. The quantitative estimate of drug-likeness (QED) is 0.627. The maximum Gasteiger partial charge on any atom is 0.139 e. The van der Waals surface area contributed by atoms with Crippen LogP contribution in [0.5, 0.6) is 0 Å². The molecule has 3 aromatic rings. The number of hydrogen-bond acceptors (Lipinski definition) is 1. The number of rotatable bonds is 1. The lowest BCUT2D eigenvalue weighted by atomic mass is 10.2. The Hall–Kier alpha value is -2.23. The van der Waals surface area contributed by atoms with Crippen molar-refractivity contribution in [3.63, 3.8) is 0 Å². The lowest BCUT2D eigenvalue weighted by Gasteiger charge is -1.94. The molecule has 0 N–H and O–H groups in total. The number of imidazole rings is 1. The molecular weight excluding hydrogens is 222 g/mol. The van der Waals surface area contributed by atoms with Gasteiger partial charge in [0, 0.05) is 18.0 Å². The van der Waals surface area contributed by atoms with Crippen LogP contribution in [0.1, 0.15) is 0 Å². The summed E-state index contributed by atoms with van der Waals surface area (Å²) in [6.07, 6.45) is 3.07. The molecule has 0 bridgehead atoms. The van der Waals surface area contributed by atoms with Crippen LogP contribution in [-0.4, -0.2) is 9.38 Å². The van der Waals surface area contributed by atoms with Gasteiger partial charge in [-0.2, -0.15) is 0 Å². The van der Waals surface area contributed by atoms with Crippen molar-refractivity contribution in [1.29, 1.82) is 0 Å². The standard InChI is InChI=1S/C13H8F2N2/c14-10-3-1-9(2-4-10)12-8-17-7-11(15)5-6-13(17)16-12/h1-8H. The number of nitrogens with zero attached hydrogens (tertiary/aromatic N) is 2. The van der Waals surface area contributed by atoms with E-state index in [0.717, 1.165) is 5.56 Å². The topological polar surface area (TPSA) is 17.3 Å². The van der Waals surface area contributed by atoms with Gasteiger partial charge in [-0.15, -0.1) is 0 Å². The second-order valence-corrected chi connectivity index (χ2v) is 3.75. The van der Waals surface area contributed by atoms with Crippen molar-refractivity contribution < 1.29 is 8.78 Å². The molecule has 4 heteroatoms. The Morgan fingerprint density at radius 1 is 0.824 bits per heavy atom. The largest absolute Gasteiger partial charge is 0.304 e. The molecule has 0 unspecified atom stereocenters. The van der Waals surface area contributed by atoms with Gasteiger partial charge in [-0.1, -0.05) is 0 Å². The summed E-state index contributed by atoms with van der Waals surface area (Å²) in [6.45, 7) is 0. The van der Waals surface area contributed by atoms with Gasteiger partial charge >= 0.3 is 0 Å². The van der Waals surface area contributed by atoms with Crippen molar-refractivity contribution in [3.8, 4) is 11.3 Å². The van der Waals surface area contributed by atoms with E-state index in [4.69, 9.17) is 0 Å². The van der Waals surface area contributed by atoms with Gasteiger partial charge in [0.25, 0.3) is 0 Å². The van der Waals surface area contributed by atoms with Crippen LogP contribution in [0.25, 0.3) is 16.9 Å². The van der Waals surface area contributed by atoms with Crippen LogP contribution in [0.3, 0.4) is 0 Å². The summed E-state index contributed by atoms with van der Waals surface area (Å²) in [5, 5.41) is 0. The zero-order valence-corrected chi connectivity index (χ0v) is 8.77. The summed E-state index contributed by atoms with van der Waals surface area (Å²) in [5.74, 6) is -0.607. The van der Waals surface area contributed by atoms with Crippen LogP contribution in [0.4, 0.5) is 8.78 Å². The second-order valence-electron chi connectivity index (χ2n) is 3.75. The molecule has 2 aromatic heterocycles. The number of fused-ring (bicyclic) bond motifs is 1. The Bertz CT molecular complexity index is 671. The van der Waals surface area contributed by atoms with Crippen molar-refractivity contribution in [2.45, 2.75) is 0 Å². The van der Waals surface area contributed by atoms with E-state index in [0.29, 0.717) is 11.3 Å². The van der Waals surface area contributed by atoms with E-state index < -0.39 is 0 Å². The number of aromatic nitrogens is 2. The zero-order valence-electron chi connectivity index (χ0n) is 8.77. The van der Waals surface area contributed by atoms with E-state index >= 15 is 0 Å². The molecule has 0 aliphatic carbocycles. The summed E-state index contributed by atoms with van der Waals surface area (Å²) in [4.78, 5) is 4.33. The number of halogens is 2. The van der Waals surface area contributed by atoms with Gasteiger partial charge in [-0.05, 0) is 36.4 Å². The minimum absolute atomic E-state index is 0.288. The van der Waals surface area contributed by atoms with Crippen LogP contribution in [0.2, 0.25) is 0 Å². The van der Waals surface area contributed by atoms with E-state index in [1.807, 2.05) is 0 Å². The molecule has 0 saturated carbocycles. The second kappa shape index (κ2) is 3.66.